The van der Waals surface area contributed by atoms with Gasteiger partial charge in [0.05, 0.1) is 34.5 Å². The zero-order chi connectivity index (χ0) is 24.4. The average molecular weight is 511 g/mol. The Morgan fingerprint density at radius 2 is 2.06 bits per heavy atom. The molecule has 1 N–H and O–H groups in total. The number of pyridine rings is 1. The van der Waals surface area contributed by atoms with Crippen LogP contribution in [-0.2, 0) is 4.79 Å². The molecule has 0 atom stereocenters. The van der Waals surface area contributed by atoms with E-state index in [1.807, 2.05) is 29.2 Å². The van der Waals surface area contributed by atoms with E-state index in [0.29, 0.717) is 33.7 Å². The fourth-order valence-corrected chi connectivity index (χ4v) is 5.88. The van der Waals surface area contributed by atoms with Gasteiger partial charge in [0.1, 0.15) is 11.4 Å². The maximum absolute atomic E-state index is 12.9. The zero-order valence-electron chi connectivity index (χ0n) is 19.5. The summed E-state index contributed by atoms with van der Waals surface area (Å²) in [5, 5.41) is 4.61. The molecule has 2 aliphatic heterocycles. The number of piperidine rings is 1. The van der Waals surface area contributed by atoms with E-state index in [4.69, 9.17) is 16.3 Å². The summed E-state index contributed by atoms with van der Waals surface area (Å²) in [7, 11) is 1.55. The Hall–Kier alpha value is -2.97. The minimum absolute atomic E-state index is 0.0143. The quantitative estimate of drug-likeness (QED) is 0.458. The second kappa shape index (κ2) is 10.3. The zero-order valence-corrected chi connectivity index (χ0v) is 21.1. The van der Waals surface area contributed by atoms with Crippen molar-refractivity contribution in [1.82, 2.24) is 19.6 Å². The highest BCUT2D eigenvalue weighted by Gasteiger charge is 2.26. The minimum Gasteiger partial charge on any atom is -0.496 e. The third-order valence-electron chi connectivity index (χ3n) is 6.61. The van der Waals surface area contributed by atoms with Crippen LogP contribution in [0.4, 0.5) is 0 Å². The largest absolute Gasteiger partial charge is 0.496 e. The maximum atomic E-state index is 12.9. The molecule has 182 valence electrons. The first-order valence-corrected chi connectivity index (χ1v) is 13.0. The van der Waals surface area contributed by atoms with E-state index in [9.17, 15) is 9.59 Å². The van der Waals surface area contributed by atoms with Crippen LogP contribution in [0.3, 0.4) is 0 Å². The molecule has 0 spiro atoms. The van der Waals surface area contributed by atoms with Crippen molar-refractivity contribution in [1.29, 1.82) is 0 Å². The molecule has 9 heteroatoms. The number of thioether (sulfide) groups is 1. The van der Waals surface area contributed by atoms with Gasteiger partial charge in [-0.05, 0) is 68.0 Å². The lowest BCUT2D eigenvalue weighted by atomic mass is 9.92. The van der Waals surface area contributed by atoms with E-state index < -0.39 is 0 Å². The van der Waals surface area contributed by atoms with Crippen molar-refractivity contribution in [3.05, 3.63) is 63.8 Å². The van der Waals surface area contributed by atoms with Gasteiger partial charge in [-0.1, -0.05) is 29.4 Å². The number of rotatable bonds is 7. The number of carbonyl (C=O) groups excluding carboxylic acids is 2. The Kier molecular flexibility index (Phi) is 7.02. The summed E-state index contributed by atoms with van der Waals surface area (Å²) in [6.45, 7) is 2.09. The fourth-order valence-electron chi connectivity index (χ4n) is 4.72. The third-order valence-corrected chi connectivity index (χ3v) is 7.89. The van der Waals surface area contributed by atoms with Crippen LogP contribution in [0.1, 0.15) is 41.7 Å². The molecule has 0 bridgehead atoms. The van der Waals surface area contributed by atoms with Gasteiger partial charge < -0.3 is 15.0 Å². The van der Waals surface area contributed by atoms with Gasteiger partial charge in [-0.25, -0.2) is 4.98 Å². The molecule has 0 radical (unpaired) electrons. The number of ether oxygens (including phenoxy) is 1. The summed E-state index contributed by atoms with van der Waals surface area (Å²) in [4.78, 5) is 32.7. The molecular weight excluding hydrogens is 484 g/mol. The average Bonchev–Trinajstić information content (AvgIpc) is 3.30. The van der Waals surface area contributed by atoms with Crippen molar-refractivity contribution in [2.24, 2.45) is 5.92 Å². The van der Waals surface area contributed by atoms with Crippen molar-refractivity contribution in [2.45, 2.75) is 30.7 Å². The standard InChI is InChI=1S/C26H27ClN4O3S/c1-34-21-14-18(27)7-8-20(21)26(33)30-12-9-17(10-13-30)4-3-11-28-25(32)22-15-19-16-29-23-5-2-6-24(35-22)31(19)23/h2,5-8,14-17H,3-4,9-13H2,1H3,(H,28,32). The highest BCUT2D eigenvalue weighted by Crippen LogP contribution is 2.34. The molecule has 0 unspecified atom stereocenters. The van der Waals surface area contributed by atoms with Crippen molar-refractivity contribution in [3.63, 3.8) is 0 Å². The summed E-state index contributed by atoms with van der Waals surface area (Å²) >= 11 is 7.49. The maximum Gasteiger partial charge on any atom is 0.258 e. The summed E-state index contributed by atoms with van der Waals surface area (Å²) in [5.41, 5.74) is 2.37. The molecule has 2 aromatic heterocycles. The summed E-state index contributed by atoms with van der Waals surface area (Å²) in [5.74, 6) is 1.00. The second-order valence-electron chi connectivity index (χ2n) is 8.83. The monoisotopic (exact) mass is 510 g/mol. The van der Waals surface area contributed by atoms with E-state index in [0.717, 1.165) is 55.1 Å². The molecule has 3 aromatic rings. The molecule has 0 saturated carbocycles. The number of benzene rings is 1. The number of aromatic nitrogens is 2. The van der Waals surface area contributed by atoms with Crippen molar-refractivity contribution in [3.8, 4) is 5.75 Å². The Morgan fingerprint density at radius 1 is 1.23 bits per heavy atom. The lowest BCUT2D eigenvalue weighted by Gasteiger charge is -2.32. The highest BCUT2D eigenvalue weighted by atomic mass is 35.5. The van der Waals surface area contributed by atoms with E-state index >= 15 is 0 Å². The number of hydrogen-bond acceptors (Lipinski definition) is 5. The third kappa shape index (κ3) is 5.04. The minimum atomic E-state index is -0.0446. The van der Waals surface area contributed by atoms with Crippen LogP contribution in [0.25, 0.3) is 11.7 Å². The van der Waals surface area contributed by atoms with Crippen molar-refractivity contribution in [2.75, 3.05) is 26.7 Å². The van der Waals surface area contributed by atoms with E-state index in [2.05, 4.69) is 14.7 Å². The Balaban J connectivity index is 1.07. The number of halogens is 1. The number of hydrogen-bond donors (Lipinski definition) is 1. The van der Waals surface area contributed by atoms with Crippen molar-refractivity contribution >= 4 is 46.9 Å². The summed E-state index contributed by atoms with van der Waals surface area (Å²) < 4.78 is 7.40. The Bertz CT molecular complexity index is 1300. The van der Waals surface area contributed by atoms with Crippen LogP contribution in [0.2, 0.25) is 5.02 Å². The van der Waals surface area contributed by atoms with Gasteiger partial charge >= 0.3 is 0 Å². The van der Waals surface area contributed by atoms with E-state index in [1.54, 1.807) is 31.5 Å². The van der Waals surface area contributed by atoms with Crippen LogP contribution < -0.4 is 10.1 Å². The van der Waals surface area contributed by atoms with Crippen LogP contribution in [0.5, 0.6) is 5.75 Å². The van der Waals surface area contributed by atoms with Gasteiger partial charge in [0, 0.05) is 24.7 Å². The first kappa shape index (κ1) is 23.8. The smallest absolute Gasteiger partial charge is 0.258 e. The fraction of sp³-hybridized carbons (Fsp3) is 0.346. The predicted octanol–water partition coefficient (Wildman–Crippen LogP) is 4.89. The number of amides is 2. The van der Waals surface area contributed by atoms with Crippen LogP contribution in [0, 0.1) is 5.92 Å². The molecule has 4 heterocycles. The van der Waals surface area contributed by atoms with Crippen LogP contribution >= 0.6 is 23.4 Å². The van der Waals surface area contributed by atoms with E-state index in [1.165, 1.54) is 11.8 Å². The molecule has 0 aliphatic carbocycles. The Morgan fingerprint density at radius 3 is 2.86 bits per heavy atom. The topological polar surface area (TPSA) is 75.9 Å². The molecule has 5 rings (SSSR count). The number of methoxy groups -OCH3 is 1. The number of nitrogens with one attached hydrogen (secondary N) is 1. The molecule has 1 aromatic carbocycles. The normalized spacial score (nSPS) is 15.7. The molecule has 7 nitrogen and oxygen atoms in total. The molecule has 1 fully saturated rings. The molecule has 2 amide bonds. The first-order chi connectivity index (χ1) is 17.0. The van der Waals surface area contributed by atoms with Gasteiger partial charge in [-0.3, -0.25) is 14.0 Å². The Labute approximate surface area is 213 Å². The molecule has 1 saturated heterocycles. The van der Waals surface area contributed by atoms with Gasteiger partial charge in [-0.2, -0.15) is 0 Å². The molecule has 2 aliphatic rings. The van der Waals surface area contributed by atoms with E-state index in [-0.39, 0.29) is 11.8 Å². The van der Waals surface area contributed by atoms with Crippen LogP contribution in [0.15, 0.2) is 52.5 Å². The van der Waals surface area contributed by atoms with Gasteiger partial charge in [0.15, 0.2) is 0 Å². The van der Waals surface area contributed by atoms with Gasteiger partial charge in [0.2, 0.25) is 0 Å². The van der Waals surface area contributed by atoms with Crippen molar-refractivity contribution < 1.29 is 14.3 Å². The number of imidazole rings is 1. The summed E-state index contributed by atoms with van der Waals surface area (Å²) in [6, 6.07) is 11.0. The highest BCUT2D eigenvalue weighted by molar-refractivity contribution is 8.04. The lowest BCUT2D eigenvalue weighted by Crippen LogP contribution is -2.38. The van der Waals surface area contributed by atoms with Crippen LogP contribution in [-0.4, -0.2) is 52.8 Å². The lowest BCUT2D eigenvalue weighted by molar-refractivity contribution is -0.116. The number of likely N-dealkylation sites (tertiary alicyclic amines) is 1. The number of carbonyl (C=O) groups is 2. The SMILES string of the molecule is COc1cc(Cl)ccc1C(=O)N1CCC(CCCNC(=O)C2=Cc3cnc4cccc(n34)S2)CC1. The first-order valence-electron chi connectivity index (χ1n) is 11.8. The number of nitrogens with zero attached hydrogens (tertiary/aromatic N) is 3. The summed E-state index contributed by atoms with van der Waals surface area (Å²) in [6.07, 6.45) is 7.57. The van der Waals surface area contributed by atoms with Gasteiger partial charge in [-0.15, -0.1) is 0 Å². The molecule has 35 heavy (non-hydrogen) atoms. The molecular formula is C26H27ClN4O3S. The second-order valence-corrected chi connectivity index (χ2v) is 10.3. The predicted molar refractivity (Wildman–Crippen MR) is 138 cm³/mol. The van der Waals surface area contributed by atoms with Gasteiger partial charge in [0.25, 0.3) is 11.8 Å².